The van der Waals surface area contributed by atoms with Gasteiger partial charge in [-0.3, -0.25) is 4.79 Å². The second kappa shape index (κ2) is 8.78. The van der Waals surface area contributed by atoms with E-state index in [0.717, 1.165) is 28.8 Å². The van der Waals surface area contributed by atoms with E-state index in [9.17, 15) is 22.8 Å². The van der Waals surface area contributed by atoms with Crippen molar-refractivity contribution < 1.29 is 27.9 Å². The highest BCUT2D eigenvalue weighted by Gasteiger charge is 2.33. The maximum atomic E-state index is 13.0. The third-order valence-corrected chi connectivity index (χ3v) is 6.52. The smallest absolute Gasteiger partial charge is 0.425 e. The van der Waals surface area contributed by atoms with Crippen molar-refractivity contribution in [1.82, 2.24) is 14.5 Å². The fourth-order valence-corrected chi connectivity index (χ4v) is 4.83. The Morgan fingerprint density at radius 2 is 2.06 bits per heavy atom. The number of aliphatic carboxylic acids is 1. The third kappa shape index (κ3) is 4.55. The quantitative estimate of drug-likeness (QED) is 0.548. The van der Waals surface area contributed by atoms with Crippen molar-refractivity contribution in [3.05, 3.63) is 63.6 Å². The van der Waals surface area contributed by atoms with Gasteiger partial charge >= 0.3 is 12.1 Å². The van der Waals surface area contributed by atoms with Crippen LogP contribution in [-0.4, -0.2) is 38.0 Å². The summed E-state index contributed by atoms with van der Waals surface area (Å²) >= 11 is 0.711. The molecule has 4 rings (SSSR count). The van der Waals surface area contributed by atoms with Gasteiger partial charge in [-0.05, 0) is 42.7 Å². The number of pyridine rings is 1. The summed E-state index contributed by atoms with van der Waals surface area (Å²) in [6, 6.07) is 6.34. The molecule has 0 spiro atoms. The fraction of sp³-hybridized carbons (Fsp3) is 0.318. The van der Waals surface area contributed by atoms with Gasteiger partial charge in [0.05, 0.1) is 13.1 Å². The first-order chi connectivity index (χ1) is 15.2. The van der Waals surface area contributed by atoms with Crippen LogP contribution in [0.25, 0.3) is 11.0 Å². The van der Waals surface area contributed by atoms with E-state index >= 15 is 0 Å². The van der Waals surface area contributed by atoms with Gasteiger partial charge in [0.25, 0.3) is 0 Å². The minimum Gasteiger partial charge on any atom is -0.478 e. The summed E-state index contributed by atoms with van der Waals surface area (Å²) in [4.78, 5) is 29.3. The van der Waals surface area contributed by atoms with Crippen LogP contribution in [0.15, 0.2) is 42.6 Å². The minimum atomic E-state index is -4.38. The number of carboxylic acid groups (broad SMARTS) is 1. The molecule has 0 atom stereocenters. The molecular weight excluding hydrogens is 443 g/mol. The molecule has 32 heavy (non-hydrogen) atoms. The van der Waals surface area contributed by atoms with Crippen LogP contribution in [0, 0.1) is 0 Å². The number of rotatable bonds is 6. The van der Waals surface area contributed by atoms with Gasteiger partial charge in [0.15, 0.2) is 0 Å². The number of aromatic nitrogens is 2. The molecule has 0 bridgehead atoms. The highest BCUT2D eigenvalue weighted by atomic mass is 32.1. The van der Waals surface area contributed by atoms with Crippen LogP contribution in [0.2, 0.25) is 0 Å². The normalized spacial score (nSPS) is 14.3. The van der Waals surface area contributed by atoms with Crippen LogP contribution in [0.3, 0.4) is 0 Å². The Labute approximate surface area is 185 Å². The summed E-state index contributed by atoms with van der Waals surface area (Å²) in [6.45, 7) is 1.11. The first-order valence-electron chi connectivity index (χ1n) is 10.0. The molecule has 0 saturated carbocycles. The summed E-state index contributed by atoms with van der Waals surface area (Å²) in [5.41, 5.74) is 2.63. The van der Waals surface area contributed by atoms with Crippen molar-refractivity contribution in [3.63, 3.8) is 0 Å². The topological polar surface area (TPSA) is 75.4 Å². The molecule has 0 radical (unpaired) electrons. The average molecular weight is 463 g/mol. The zero-order valence-corrected chi connectivity index (χ0v) is 17.7. The second-order valence-electron chi connectivity index (χ2n) is 7.49. The van der Waals surface area contributed by atoms with Crippen molar-refractivity contribution in [2.45, 2.75) is 38.5 Å². The Morgan fingerprint density at radius 3 is 2.78 bits per heavy atom. The van der Waals surface area contributed by atoms with Crippen LogP contribution in [-0.2, 0) is 35.3 Å². The molecule has 4 heterocycles. The molecule has 0 unspecified atom stereocenters. The van der Waals surface area contributed by atoms with E-state index in [-0.39, 0.29) is 18.9 Å². The number of carboxylic acids is 1. The summed E-state index contributed by atoms with van der Waals surface area (Å²) in [5.74, 6) is -1.15. The highest BCUT2D eigenvalue weighted by Crippen LogP contribution is 2.36. The molecule has 168 valence electrons. The monoisotopic (exact) mass is 463 g/mol. The summed E-state index contributed by atoms with van der Waals surface area (Å²) in [6.07, 6.45) is 0.882. The van der Waals surface area contributed by atoms with Crippen LogP contribution in [0.4, 0.5) is 13.2 Å². The summed E-state index contributed by atoms with van der Waals surface area (Å²) in [5, 5.41) is 9.60. The number of fused-ring (bicyclic) bond motifs is 3. The molecule has 3 aromatic rings. The average Bonchev–Trinajstić information content (AvgIpc) is 3.35. The third-order valence-electron chi connectivity index (χ3n) is 5.41. The number of amides is 1. The van der Waals surface area contributed by atoms with Gasteiger partial charge in [-0.25, -0.2) is 9.78 Å². The zero-order chi connectivity index (χ0) is 22.9. The van der Waals surface area contributed by atoms with E-state index in [2.05, 4.69) is 4.98 Å². The van der Waals surface area contributed by atoms with Gasteiger partial charge in [-0.2, -0.15) is 13.2 Å². The molecule has 6 nitrogen and oxygen atoms in total. The Hall–Kier alpha value is -3.14. The van der Waals surface area contributed by atoms with Crippen molar-refractivity contribution in [3.8, 4) is 0 Å². The molecule has 0 aliphatic carbocycles. The Kier molecular flexibility index (Phi) is 6.05. The van der Waals surface area contributed by atoms with E-state index in [0.29, 0.717) is 47.8 Å². The zero-order valence-electron chi connectivity index (χ0n) is 16.9. The van der Waals surface area contributed by atoms with Gasteiger partial charge < -0.3 is 14.6 Å². The van der Waals surface area contributed by atoms with E-state index in [1.807, 2.05) is 16.7 Å². The lowest BCUT2D eigenvalue weighted by Gasteiger charge is -2.28. The number of halogens is 3. The Bertz CT molecular complexity index is 1200. The number of alkyl halides is 3. The van der Waals surface area contributed by atoms with Crippen LogP contribution < -0.4 is 0 Å². The molecule has 1 aliphatic rings. The molecule has 1 N–H and O–H groups in total. The number of allylic oxidation sites excluding steroid dienone is 1. The minimum absolute atomic E-state index is 0.0917. The largest absolute Gasteiger partial charge is 0.478 e. The first kappa shape index (κ1) is 22.1. The van der Waals surface area contributed by atoms with Gasteiger partial charge in [0.2, 0.25) is 5.91 Å². The predicted octanol–water partition coefficient (Wildman–Crippen LogP) is 4.47. The lowest BCUT2D eigenvalue weighted by atomic mass is 10.0. The summed E-state index contributed by atoms with van der Waals surface area (Å²) in [7, 11) is 0. The van der Waals surface area contributed by atoms with Crippen molar-refractivity contribution in [2.24, 2.45) is 0 Å². The predicted molar refractivity (Wildman–Crippen MR) is 113 cm³/mol. The van der Waals surface area contributed by atoms with E-state index in [4.69, 9.17) is 5.11 Å². The molecule has 0 aromatic carbocycles. The van der Waals surface area contributed by atoms with E-state index in [1.54, 1.807) is 11.1 Å². The molecular formula is C22H20F3N3O3S. The number of nitrogens with zero attached hydrogens (tertiary/aromatic N) is 3. The molecule has 0 fully saturated rings. The molecule has 10 heteroatoms. The van der Waals surface area contributed by atoms with Crippen molar-refractivity contribution >= 4 is 34.2 Å². The van der Waals surface area contributed by atoms with Crippen LogP contribution in [0.5, 0.6) is 0 Å². The lowest BCUT2D eigenvalue weighted by molar-refractivity contribution is -0.134. The second-order valence-corrected chi connectivity index (χ2v) is 8.66. The Morgan fingerprint density at radius 1 is 1.25 bits per heavy atom. The number of thiophene rings is 1. The first-order valence-corrected chi connectivity index (χ1v) is 10.8. The van der Waals surface area contributed by atoms with Crippen molar-refractivity contribution in [1.29, 1.82) is 0 Å². The SMILES string of the molecule is O=C(O)/C=C/CCC(=O)N1CCc2c(n(Cc3ccc(C(F)(F)F)s3)c3ncccc23)C1. The number of hydrogen-bond donors (Lipinski definition) is 1. The molecule has 1 amide bonds. The standard InChI is InChI=1S/C22H20F3N3O3S/c23-22(24,25)18-8-7-14(32-18)12-28-17-13-27(19(29)5-1-2-6-20(30)31)11-9-15(17)16-4-3-10-26-21(16)28/h2-4,6-8,10H,1,5,9,11-13H2,(H,30,31)/b6-2+. The van der Waals surface area contributed by atoms with Gasteiger partial charge in [0, 0.05) is 41.2 Å². The molecule has 3 aromatic heterocycles. The highest BCUT2D eigenvalue weighted by molar-refractivity contribution is 7.12. The fourth-order valence-electron chi connectivity index (χ4n) is 3.96. The maximum absolute atomic E-state index is 13.0. The van der Waals surface area contributed by atoms with E-state index in [1.165, 1.54) is 12.1 Å². The Balaban J connectivity index is 1.60. The number of hydrogen-bond acceptors (Lipinski definition) is 4. The molecule has 1 aliphatic heterocycles. The number of carbonyl (C=O) groups is 2. The van der Waals surface area contributed by atoms with Crippen LogP contribution >= 0.6 is 11.3 Å². The maximum Gasteiger partial charge on any atom is 0.425 e. The molecule has 0 saturated heterocycles. The summed E-state index contributed by atoms with van der Waals surface area (Å²) < 4.78 is 41.0. The van der Waals surface area contributed by atoms with Crippen molar-refractivity contribution in [2.75, 3.05) is 6.54 Å². The van der Waals surface area contributed by atoms with Crippen LogP contribution in [0.1, 0.15) is 33.9 Å². The number of carbonyl (C=O) groups excluding carboxylic acids is 1. The van der Waals surface area contributed by atoms with E-state index < -0.39 is 17.0 Å². The van der Waals surface area contributed by atoms with Gasteiger partial charge in [-0.1, -0.05) is 6.08 Å². The lowest BCUT2D eigenvalue weighted by Crippen LogP contribution is -2.36. The van der Waals surface area contributed by atoms with Gasteiger partial charge in [0.1, 0.15) is 10.5 Å². The van der Waals surface area contributed by atoms with Gasteiger partial charge in [-0.15, -0.1) is 11.3 Å².